The Morgan fingerprint density at radius 3 is 2.22 bits per heavy atom. The molecule has 6 aliphatic heterocycles. The molecule has 7 fully saturated rings. The predicted molar refractivity (Wildman–Crippen MR) is 383 cm³/mol. The normalized spacial score (nSPS) is 23.7. The number of likely N-dealkylation sites (N-methyl/N-ethyl adjacent to an activating group) is 1. The number of piperidine rings is 2. The van der Waals surface area contributed by atoms with Gasteiger partial charge in [0.15, 0.2) is 0 Å². The summed E-state index contributed by atoms with van der Waals surface area (Å²) in [6.07, 6.45) is 12.9. The second-order valence-corrected chi connectivity index (χ2v) is 30.9. The standard InChI is InChI=1S/C76H106F2N16O7/c1-50(79-4)72(99)87-71(54-16-6-5-7-17-54)74(101)94-45-58(35-64(94)73(100)86-62-20-11-18-53-15-8-9-19-59(53)62)85-68(96)22-21-67(95)80-27-12-28-90-41-56-43-91(44-57(56)42-90)46-69(97)82-39-52-14-10-13-51(33-52)38-81-65-37-66(84-49-83-65)92-31-25-76(26-32-92)48-93(47-70(98)88-76)63-36-60(77)55(34-61(63)78)40-89-29-23-75(2,3)24-30-89/h8-10,13-15,19,33-34,36-37,49-50,54,56-58,62,64,71,79H,5-7,11-12,16-18,20-32,35,38-48H2,1-4H3,(H,80,95)(H,82,97)(H,85,96)(H,86,100)(H,87,99)(H,88,98)(H,81,83,84)/t50-,56-,57+,58-,62?,64-,71-/m0/s1. The smallest absolute Gasteiger partial charge is 0.246 e. The minimum Gasteiger partial charge on any atom is -0.366 e. The largest absolute Gasteiger partial charge is 0.366 e. The fourth-order valence-electron chi connectivity index (χ4n) is 16.9. The molecule has 7 atom stereocenters. The van der Waals surface area contributed by atoms with E-state index in [-0.39, 0.29) is 96.8 Å². The van der Waals surface area contributed by atoms with Crippen LogP contribution in [0.3, 0.4) is 0 Å². The van der Waals surface area contributed by atoms with Gasteiger partial charge in [-0.2, -0.15) is 0 Å². The summed E-state index contributed by atoms with van der Waals surface area (Å²) in [6, 6.07) is 17.8. The second-order valence-electron chi connectivity index (χ2n) is 30.9. The van der Waals surface area contributed by atoms with E-state index in [0.717, 1.165) is 139 Å². The molecule has 1 aromatic heterocycles. The molecule has 546 valence electrons. The van der Waals surface area contributed by atoms with Crippen LogP contribution in [-0.2, 0) is 59.6 Å². The molecule has 3 aromatic carbocycles. The number of amides is 7. The van der Waals surface area contributed by atoms with Gasteiger partial charge in [0.25, 0.3) is 0 Å². The number of halogens is 2. The van der Waals surface area contributed by atoms with Crippen molar-refractivity contribution >= 4 is 58.7 Å². The summed E-state index contributed by atoms with van der Waals surface area (Å²) in [4.78, 5) is 117. The minimum atomic E-state index is -0.856. The average Bonchev–Trinajstić information content (AvgIpc) is 1.50. The number of fused-ring (bicyclic) bond motifs is 2. The zero-order valence-corrected chi connectivity index (χ0v) is 59.6. The predicted octanol–water partition coefficient (Wildman–Crippen LogP) is 5.68. The van der Waals surface area contributed by atoms with Gasteiger partial charge in [-0.1, -0.05) is 81.6 Å². The van der Waals surface area contributed by atoms with Crippen molar-refractivity contribution < 1.29 is 42.3 Å². The molecule has 25 heteroatoms. The molecule has 101 heavy (non-hydrogen) atoms. The lowest BCUT2D eigenvalue weighted by atomic mass is 9.82. The number of benzene rings is 3. The summed E-state index contributed by atoms with van der Waals surface area (Å²) in [5.74, 6) is -0.342. The van der Waals surface area contributed by atoms with Crippen LogP contribution in [0.25, 0.3) is 0 Å². The van der Waals surface area contributed by atoms with Crippen LogP contribution in [0.2, 0.25) is 0 Å². The number of nitrogens with zero attached hydrogens (tertiary/aromatic N) is 8. The molecule has 4 aromatic rings. The van der Waals surface area contributed by atoms with E-state index in [1.54, 1.807) is 23.8 Å². The molecule has 1 saturated carbocycles. The second kappa shape index (κ2) is 33.1. The van der Waals surface area contributed by atoms with E-state index >= 15 is 8.78 Å². The number of likely N-dealkylation sites (tertiary alicyclic amines) is 4. The summed E-state index contributed by atoms with van der Waals surface area (Å²) in [7, 11) is 1.70. The van der Waals surface area contributed by atoms with Crippen molar-refractivity contribution in [2.45, 2.75) is 179 Å². The van der Waals surface area contributed by atoms with E-state index in [2.05, 4.69) is 98.1 Å². The van der Waals surface area contributed by atoms with Gasteiger partial charge in [0, 0.05) is 115 Å². The highest BCUT2D eigenvalue weighted by molar-refractivity contribution is 5.94. The molecular weight excluding hydrogens is 1290 g/mol. The zero-order chi connectivity index (χ0) is 70.8. The number of piperazine rings is 1. The topological polar surface area (TPSA) is 261 Å². The first-order valence-corrected chi connectivity index (χ1v) is 37.3. The minimum absolute atomic E-state index is 0.00253. The highest BCUT2D eigenvalue weighted by Gasteiger charge is 2.47. The molecule has 0 bridgehead atoms. The van der Waals surface area contributed by atoms with Crippen molar-refractivity contribution in [3.8, 4) is 0 Å². The average molecular weight is 1390 g/mol. The third kappa shape index (κ3) is 18.9. The molecule has 1 unspecified atom stereocenters. The zero-order valence-electron chi connectivity index (χ0n) is 59.6. The number of rotatable bonds is 26. The number of nitrogens with one attached hydrogen (secondary N) is 8. The van der Waals surface area contributed by atoms with Gasteiger partial charge in [-0.15, -0.1) is 0 Å². The molecule has 7 amide bonds. The van der Waals surface area contributed by atoms with Crippen LogP contribution in [0.15, 0.2) is 73.1 Å². The lowest BCUT2D eigenvalue weighted by Gasteiger charge is -2.48. The Balaban J connectivity index is 0.531. The number of hydrogen-bond acceptors (Lipinski definition) is 16. The first kappa shape index (κ1) is 72.9. The van der Waals surface area contributed by atoms with Crippen LogP contribution in [0.4, 0.5) is 26.1 Å². The van der Waals surface area contributed by atoms with Crippen LogP contribution in [0.1, 0.15) is 151 Å². The van der Waals surface area contributed by atoms with Crippen molar-refractivity contribution in [2.75, 3.05) is 114 Å². The molecule has 8 N–H and O–H groups in total. The van der Waals surface area contributed by atoms with E-state index in [1.807, 2.05) is 42.5 Å². The molecule has 1 spiro atoms. The van der Waals surface area contributed by atoms with Crippen LogP contribution in [0.5, 0.6) is 0 Å². The van der Waals surface area contributed by atoms with Gasteiger partial charge < -0.3 is 62.1 Å². The molecule has 6 saturated heterocycles. The summed E-state index contributed by atoms with van der Waals surface area (Å²) >= 11 is 0. The highest BCUT2D eigenvalue weighted by atomic mass is 19.1. The van der Waals surface area contributed by atoms with Crippen LogP contribution >= 0.6 is 0 Å². The van der Waals surface area contributed by atoms with Gasteiger partial charge >= 0.3 is 0 Å². The van der Waals surface area contributed by atoms with Gasteiger partial charge in [-0.3, -0.25) is 43.4 Å². The summed E-state index contributed by atoms with van der Waals surface area (Å²) in [6.45, 7) is 16.0. The van der Waals surface area contributed by atoms with Crippen molar-refractivity contribution in [1.82, 2.24) is 66.8 Å². The van der Waals surface area contributed by atoms with Crippen LogP contribution < -0.4 is 52.3 Å². The first-order chi connectivity index (χ1) is 48.7. The summed E-state index contributed by atoms with van der Waals surface area (Å²) in [5, 5.41) is 25.1. The van der Waals surface area contributed by atoms with Crippen molar-refractivity contribution in [3.05, 3.63) is 113 Å². The fourth-order valence-corrected chi connectivity index (χ4v) is 16.9. The Kier molecular flexibility index (Phi) is 23.9. The first-order valence-electron chi connectivity index (χ1n) is 37.3. The number of aromatic nitrogens is 2. The Bertz CT molecular complexity index is 3580. The van der Waals surface area contributed by atoms with E-state index in [9.17, 15) is 33.6 Å². The van der Waals surface area contributed by atoms with E-state index in [1.165, 1.54) is 24.0 Å². The maximum Gasteiger partial charge on any atom is 0.246 e. The maximum absolute atomic E-state index is 15.8. The maximum atomic E-state index is 15.8. The van der Waals surface area contributed by atoms with Gasteiger partial charge in [0.05, 0.1) is 36.4 Å². The molecule has 23 nitrogen and oxygen atoms in total. The Labute approximate surface area is 593 Å². The molecule has 2 aliphatic carbocycles. The van der Waals surface area contributed by atoms with E-state index in [0.29, 0.717) is 88.4 Å². The molecular formula is C76H106F2N16O7. The monoisotopic (exact) mass is 1390 g/mol. The highest BCUT2D eigenvalue weighted by Crippen LogP contribution is 2.37. The summed E-state index contributed by atoms with van der Waals surface area (Å²) in [5.41, 5.74) is 4.40. The Hall–Kier alpha value is -7.87. The molecule has 7 heterocycles. The van der Waals surface area contributed by atoms with Crippen molar-refractivity contribution in [2.24, 2.45) is 23.2 Å². The lowest BCUT2D eigenvalue weighted by molar-refractivity contribution is -0.143. The number of anilines is 3. The molecule has 8 aliphatic rings. The third-order valence-electron chi connectivity index (χ3n) is 23.0. The van der Waals surface area contributed by atoms with Crippen LogP contribution in [0, 0.1) is 34.8 Å². The molecule has 0 radical (unpaired) electrons. The molecule has 12 rings (SSSR count). The summed E-state index contributed by atoms with van der Waals surface area (Å²) < 4.78 is 31.4. The van der Waals surface area contributed by atoms with Crippen LogP contribution in [-0.4, -0.2) is 199 Å². The number of carbonyl (C=O) groups is 7. The van der Waals surface area contributed by atoms with E-state index < -0.39 is 41.3 Å². The quantitative estimate of drug-likeness (QED) is 0.0352. The fraction of sp³-hybridized carbons (Fsp3) is 0.618. The number of carbonyl (C=O) groups excluding carboxylic acids is 7. The van der Waals surface area contributed by atoms with Crippen molar-refractivity contribution in [3.63, 3.8) is 0 Å². The Morgan fingerprint density at radius 2 is 1.46 bits per heavy atom. The number of aryl methyl sites for hydroxylation is 1. The SMILES string of the molecule is CN[C@@H](C)C(=O)N[C@H](C(=O)N1C[C@@H](NC(=O)CCC(=O)NCCCN2C[C@@H]3CN(CC(=O)NCc4cccc(CNc5cc(N6CCC7(CC6)CN(c6cc(F)c(CN8CCC(C)(C)CC8)cc6F)CC(=O)N7)ncn5)c4)C[C@@H]3C2)C[C@H]1C(=O)NC1CCCc2ccccc21)C1CCCCC1. The van der Waals surface area contributed by atoms with Gasteiger partial charge in [-0.05, 0) is 156 Å². The van der Waals surface area contributed by atoms with Gasteiger partial charge in [0.1, 0.15) is 41.7 Å². The van der Waals surface area contributed by atoms with E-state index in [4.69, 9.17) is 0 Å². The van der Waals surface area contributed by atoms with Crippen molar-refractivity contribution in [1.29, 1.82) is 0 Å². The third-order valence-corrected chi connectivity index (χ3v) is 23.0. The van der Waals surface area contributed by atoms with Gasteiger partial charge in [0.2, 0.25) is 41.4 Å². The Morgan fingerprint density at radius 1 is 0.723 bits per heavy atom. The lowest BCUT2D eigenvalue weighted by Crippen LogP contribution is -2.66. The van der Waals surface area contributed by atoms with Gasteiger partial charge in [-0.25, -0.2) is 18.7 Å². The number of hydrogen-bond donors (Lipinski definition) is 8.